The van der Waals surface area contributed by atoms with E-state index >= 15 is 0 Å². The highest BCUT2D eigenvalue weighted by atomic mass is 79.9. The molecule has 1 atom stereocenters. The number of aryl methyl sites for hydroxylation is 1. The third kappa shape index (κ3) is 3.34. The number of hydrogen-bond donors (Lipinski definition) is 0. The Bertz CT molecular complexity index is 423. The Morgan fingerprint density at radius 1 is 1.16 bits per heavy atom. The number of fused-ring (bicyclic) bond motifs is 1. The highest BCUT2D eigenvalue weighted by molar-refractivity contribution is 9.09. The van der Waals surface area contributed by atoms with E-state index in [1.807, 2.05) is 0 Å². The molecule has 2 heteroatoms. The standard InChI is InChI=1S/C17H23BrO/c18-16(11-13-5-2-1-3-6-13)14-8-9-17-15(12-14)7-4-10-19-17/h8-9,12-13,16H,1-7,10-11H2. The number of halogens is 1. The Morgan fingerprint density at radius 2 is 2.00 bits per heavy atom. The molecular formula is C17H23BrO. The maximum Gasteiger partial charge on any atom is 0.122 e. The lowest BCUT2D eigenvalue weighted by Crippen LogP contribution is -2.10. The maximum atomic E-state index is 5.69. The molecule has 0 aromatic heterocycles. The van der Waals surface area contributed by atoms with Gasteiger partial charge in [-0.15, -0.1) is 0 Å². The molecule has 1 aliphatic heterocycles. The topological polar surface area (TPSA) is 9.23 Å². The van der Waals surface area contributed by atoms with E-state index in [9.17, 15) is 0 Å². The lowest BCUT2D eigenvalue weighted by atomic mass is 9.85. The minimum absolute atomic E-state index is 0.517. The molecule has 3 rings (SSSR count). The Kier molecular flexibility index (Phi) is 4.47. The fraction of sp³-hybridized carbons (Fsp3) is 0.647. The fourth-order valence-corrected chi connectivity index (χ4v) is 4.24. The van der Waals surface area contributed by atoms with Crippen LogP contribution >= 0.6 is 15.9 Å². The van der Waals surface area contributed by atoms with Gasteiger partial charge in [-0.3, -0.25) is 0 Å². The van der Waals surface area contributed by atoms with Crippen LogP contribution in [0.4, 0.5) is 0 Å². The van der Waals surface area contributed by atoms with E-state index < -0.39 is 0 Å². The summed E-state index contributed by atoms with van der Waals surface area (Å²) in [6.07, 6.45) is 10.8. The first kappa shape index (κ1) is 13.5. The van der Waals surface area contributed by atoms with Crippen LogP contribution in [-0.4, -0.2) is 6.61 Å². The van der Waals surface area contributed by atoms with Crippen LogP contribution in [0.15, 0.2) is 18.2 Å². The summed E-state index contributed by atoms with van der Waals surface area (Å²) in [5, 5.41) is 0. The number of hydrogen-bond acceptors (Lipinski definition) is 1. The monoisotopic (exact) mass is 322 g/mol. The van der Waals surface area contributed by atoms with Crippen molar-refractivity contribution in [3.05, 3.63) is 29.3 Å². The summed E-state index contributed by atoms with van der Waals surface area (Å²) in [6, 6.07) is 6.77. The van der Waals surface area contributed by atoms with E-state index in [0.717, 1.165) is 24.7 Å². The van der Waals surface area contributed by atoms with Crippen LogP contribution in [0, 0.1) is 5.92 Å². The molecule has 2 aliphatic rings. The molecule has 1 heterocycles. The molecule has 1 aromatic carbocycles. The molecule has 19 heavy (non-hydrogen) atoms. The lowest BCUT2D eigenvalue weighted by Gasteiger charge is -2.25. The van der Waals surface area contributed by atoms with Gasteiger partial charge in [-0.25, -0.2) is 0 Å². The zero-order chi connectivity index (χ0) is 13.1. The molecule has 1 unspecified atom stereocenters. The molecular weight excluding hydrogens is 300 g/mol. The average Bonchev–Trinajstić information content (AvgIpc) is 2.48. The van der Waals surface area contributed by atoms with E-state index in [-0.39, 0.29) is 0 Å². The molecule has 1 nitrogen and oxygen atoms in total. The van der Waals surface area contributed by atoms with E-state index in [4.69, 9.17) is 4.74 Å². The van der Waals surface area contributed by atoms with Gasteiger partial charge in [0.15, 0.2) is 0 Å². The average molecular weight is 323 g/mol. The zero-order valence-electron chi connectivity index (χ0n) is 11.5. The van der Waals surface area contributed by atoms with Crippen molar-refractivity contribution in [3.63, 3.8) is 0 Å². The predicted octanol–water partition coefficient (Wildman–Crippen LogP) is 5.42. The van der Waals surface area contributed by atoms with Crippen molar-refractivity contribution in [2.45, 2.75) is 56.2 Å². The number of alkyl halides is 1. The van der Waals surface area contributed by atoms with Gasteiger partial charge >= 0.3 is 0 Å². The molecule has 1 fully saturated rings. The van der Waals surface area contributed by atoms with Gasteiger partial charge in [0.2, 0.25) is 0 Å². The second-order valence-corrected chi connectivity index (χ2v) is 7.13. The van der Waals surface area contributed by atoms with Crippen LogP contribution in [0.1, 0.15) is 60.9 Å². The molecule has 0 spiro atoms. The predicted molar refractivity (Wildman–Crippen MR) is 83.1 cm³/mol. The number of benzene rings is 1. The minimum atomic E-state index is 0.517. The van der Waals surface area contributed by atoms with Crippen LogP contribution in [0.2, 0.25) is 0 Å². The van der Waals surface area contributed by atoms with Gasteiger partial charge in [-0.05, 0) is 42.4 Å². The normalized spacial score (nSPS) is 21.5. The third-order valence-electron chi connectivity index (χ3n) is 4.56. The van der Waals surface area contributed by atoms with E-state index in [2.05, 4.69) is 34.1 Å². The van der Waals surface area contributed by atoms with Gasteiger partial charge < -0.3 is 4.74 Å². The molecule has 0 N–H and O–H groups in total. The Balaban J connectivity index is 1.67. The second-order valence-electron chi connectivity index (χ2n) is 6.03. The summed E-state index contributed by atoms with van der Waals surface area (Å²) in [5.74, 6) is 2.03. The van der Waals surface area contributed by atoms with Gasteiger partial charge in [0.1, 0.15) is 5.75 Å². The van der Waals surface area contributed by atoms with Crippen molar-refractivity contribution >= 4 is 15.9 Å². The minimum Gasteiger partial charge on any atom is -0.493 e. The lowest BCUT2D eigenvalue weighted by molar-refractivity contribution is 0.288. The molecule has 0 saturated heterocycles. The highest BCUT2D eigenvalue weighted by Gasteiger charge is 2.20. The summed E-state index contributed by atoms with van der Waals surface area (Å²) in [5.41, 5.74) is 2.84. The van der Waals surface area contributed by atoms with E-state index in [0.29, 0.717) is 4.83 Å². The van der Waals surface area contributed by atoms with Crippen molar-refractivity contribution in [1.29, 1.82) is 0 Å². The fourth-order valence-electron chi connectivity index (χ4n) is 3.43. The van der Waals surface area contributed by atoms with Crippen molar-refractivity contribution < 1.29 is 4.74 Å². The molecule has 1 aromatic rings. The van der Waals surface area contributed by atoms with Crippen LogP contribution in [0.5, 0.6) is 5.75 Å². The number of rotatable bonds is 3. The smallest absolute Gasteiger partial charge is 0.122 e. The molecule has 0 bridgehead atoms. The van der Waals surface area contributed by atoms with Gasteiger partial charge in [-0.2, -0.15) is 0 Å². The summed E-state index contributed by atoms with van der Waals surface area (Å²) in [7, 11) is 0. The second kappa shape index (κ2) is 6.30. The Morgan fingerprint density at radius 3 is 2.84 bits per heavy atom. The van der Waals surface area contributed by atoms with Crippen LogP contribution in [-0.2, 0) is 6.42 Å². The first-order chi connectivity index (χ1) is 9.33. The quantitative estimate of drug-likeness (QED) is 0.675. The van der Waals surface area contributed by atoms with Crippen LogP contribution in [0.3, 0.4) is 0 Å². The van der Waals surface area contributed by atoms with Gasteiger partial charge in [0.05, 0.1) is 6.61 Å². The molecule has 1 saturated carbocycles. The van der Waals surface area contributed by atoms with Crippen LogP contribution in [0.25, 0.3) is 0 Å². The Hall–Kier alpha value is -0.500. The first-order valence-corrected chi connectivity index (χ1v) is 8.64. The van der Waals surface area contributed by atoms with E-state index in [1.165, 1.54) is 56.1 Å². The summed E-state index contributed by atoms with van der Waals surface area (Å²) < 4.78 is 5.69. The van der Waals surface area contributed by atoms with Crippen molar-refractivity contribution in [2.75, 3.05) is 6.61 Å². The Labute approximate surface area is 124 Å². The highest BCUT2D eigenvalue weighted by Crippen LogP contribution is 2.38. The molecule has 104 valence electrons. The van der Waals surface area contributed by atoms with Gasteiger partial charge in [-0.1, -0.05) is 60.2 Å². The van der Waals surface area contributed by atoms with Crippen molar-refractivity contribution in [3.8, 4) is 5.75 Å². The van der Waals surface area contributed by atoms with Gasteiger partial charge in [0.25, 0.3) is 0 Å². The maximum absolute atomic E-state index is 5.69. The zero-order valence-corrected chi connectivity index (χ0v) is 13.1. The van der Waals surface area contributed by atoms with Gasteiger partial charge in [0, 0.05) is 4.83 Å². The van der Waals surface area contributed by atoms with E-state index in [1.54, 1.807) is 0 Å². The summed E-state index contributed by atoms with van der Waals surface area (Å²) >= 11 is 3.91. The summed E-state index contributed by atoms with van der Waals surface area (Å²) in [6.45, 7) is 0.881. The van der Waals surface area contributed by atoms with Crippen LogP contribution < -0.4 is 4.74 Å². The summed E-state index contributed by atoms with van der Waals surface area (Å²) in [4.78, 5) is 0.517. The number of ether oxygens (including phenoxy) is 1. The largest absolute Gasteiger partial charge is 0.493 e. The molecule has 0 amide bonds. The first-order valence-electron chi connectivity index (χ1n) is 7.72. The SMILES string of the molecule is BrC(CC1CCCCC1)c1ccc2c(c1)CCCO2. The third-order valence-corrected chi connectivity index (χ3v) is 5.46. The molecule has 0 radical (unpaired) electrons. The van der Waals surface area contributed by atoms with Crippen molar-refractivity contribution in [1.82, 2.24) is 0 Å². The van der Waals surface area contributed by atoms with Crippen molar-refractivity contribution in [2.24, 2.45) is 5.92 Å². The molecule has 1 aliphatic carbocycles.